The summed E-state index contributed by atoms with van der Waals surface area (Å²) in [6.07, 6.45) is 7.11. The fourth-order valence-electron chi connectivity index (χ4n) is 4.17. The largest absolute Gasteiger partial charge is 0.455 e. The Morgan fingerprint density at radius 2 is 1.94 bits per heavy atom. The lowest BCUT2D eigenvalue weighted by atomic mass is 9.97. The zero-order valence-corrected chi connectivity index (χ0v) is 20.4. The molecule has 1 atom stereocenters. The molecule has 1 heterocycles. The Kier molecular flexibility index (Phi) is 6.82. The van der Waals surface area contributed by atoms with Crippen LogP contribution in [0.1, 0.15) is 54.1 Å². The second-order valence-corrected chi connectivity index (χ2v) is 8.68. The van der Waals surface area contributed by atoms with Gasteiger partial charge in [0.1, 0.15) is 11.3 Å². The first kappa shape index (κ1) is 24.0. The number of hydrogen-bond acceptors (Lipinski definition) is 6. The second kappa shape index (κ2) is 9.97. The number of ketones is 1. The van der Waals surface area contributed by atoms with Gasteiger partial charge in [0.15, 0.2) is 11.2 Å². The number of Topliss-reactive ketones (excluding diaryl/α,β-unsaturated/α-hetero) is 1. The normalized spacial score (nSPS) is 15.3. The highest BCUT2D eigenvalue weighted by atomic mass is 16.3. The lowest BCUT2D eigenvalue weighted by molar-refractivity contribution is 0.101. The Morgan fingerprint density at radius 1 is 1.17 bits per heavy atom. The molecular weight excluding hydrogens is 438 g/mol. The highest BCUT2D eigenvalue weighted by molar-refractivity contribution is 6.12. The number of nitrogens with one attached hydrogen (secondary N) is 3. The van der Waals surface area contributed by atoms with Crippen LogP contribution in [0.25, 0.3) is 16.5 Å². The number of rotatable bonds is 7. The molecule has 0 radical (unpaired) electrons. The Hall–Kier alpha value is -4.19. The van der Waals surface area contributed by atoms with Gasteiger partial charge in [0, 0.05) is 46.8 Å². The standard InChI is InChI=1S/C29H29N3O3/c1-5-31-16-21-14-20(10-11-25(21)30)28-15-27(34)24-13-17(2)12-23(29(24)35-28)18(3)32-26-9-7-6-8-22(26)19(4)33/h6-16,18,30-32H,5H2,1-4H3/b21-16-,30-25?. The third kappa shape index (κ3) is 5.01. The molecule has 3 aromatic rings. The molecule has 0 amide bonds. The average molecular weight is 468 g/mol. The predicted octanol–water partition coefficient (Wildman–Crippen LogP) is 5.94. The van der Waals surface area contributed by atoms with Crippen LogP contribution < -0.4 is 16.1 Å². The summed E-state index contributed by atoms with van der Waals surface area (Å²) in [5.74, 6) is 0.418. The number of para-hydroxylation sites is 1. The summed E-state index contributed by atoms with van der Waals surface area (Å²) in [7, 11) is 0. The lowest BCUT2D eigenvalue weighted by Gasteiger charge is -2.20. The number of allylic oxidation sites excluding steroid dienone is 5. The lowest BCUT2D eigenvalue weighted by Crippen LogP contribution is -2.13. The van der Waals surface area contributed by atoms with Crippen molar-refractivity contribution in [3.8, 4) is 0 Å². The summed E-state index contributed by atoms with van der Waals surface area (Å²) in [5, 5.41) is 15.2. The van der Waals surface area contributed by atoms with Crippen LogP contribution in [0.4, 0.5) is 5.69 Å². The molecule has 1 unspecified atom stereocenters. The van der Waals surface area contributed by atoms with Crippen LogP contribution in [0.5, 0.6) is 0 Å². The molecule has 3 N–H and O–H groups in total. The predicted molar refractivity (Wildman–Crippen MR) is 142 cm³/mol. The SMILES string of the molecule is CCN/C=C1/C=C(c2cc(=O)c3cc(C)cc(C(C)Nc4ccccc4C(C)=O)c3o2)C=CC1=N. The van der Waals surface area contributed by atoms with Crippen LogP contribution in [0.15, 0.2) is 81.7 Å². The number of carbonyl (C=O) groups excluding carboxylic acids is 1. The number of carbonyl (C=O) groups is 1. The van der Waals surface area contributed by atoms with Crippen molar-refractivity contribution in [1.82, 2.24) is 5.32 Å². The zero-order chi connectivity index (χ0) is 25.1. The van der Waals surface area contributed by atoms with Crippen LogP contribution in [-0.4, -0.2) is 18.0 Å². The zero-order valence-electron chi connectivity index (χ0n) is 20.4. The molecule has 0 saturated carbocycles. The smallest absolute Gasteiger partial charge is 0.193 e. The Bertz CT molecular complexity index is 1470. The minimum absolute atomic E-state index is 0.0220. The van der Waals surface area contributed by atoms with E-state index >= 15 is 0 Å². The van der Waals surface area contributed by atoms with Gasteiger partial charge in [-0.15, -0.1) is 0 Å². The van der Waals surface area contributed by atoms with Crippen LogP contribution in [0, 0.1) is 12.3 Å². The third-order valence-corrected chi connectivity index (χ3v) is 5.94. The van der Waals surface area contributed by atoms with Crippen molar-refractivity contribution in [3.05, 3.63) is 105 Å². The molecule has 0 spiro atoms. The van der Waals surface area contributed by atoms with Crippen LogP contribution >= 0.6 is 0 Å². The number of aryl methyl sites for hydroxylation is 1. The average Bonchev–Trinajstić information content (AvgIpc) is 2.83. The maximum absolute atomic E-state index is 13.1. The van der Waals surface area contributed by atoms with Gasteiger partial charge >= 0.3 is 0 Å². The fourth-order valence-corrected chi connectivity index (χ4v) is 4.17. The molecule has 1 aliphatic carbocycles. The molecule has 0 aliphatic heterocycles. The molecule has 35 heavy (non-hydrogen) atoms. The van der Waals surface area contributed by atoms with E-state index in [4.69, 9.17) is 9.83 Å². The molecule has 2 aromatic carbocycles. The molecule has 6 nitrogen and oxygen atoms in total. The molecule has 0 bridgehead atoms. The molecule has 1 aromatic heterocycles. The fraction of sp³-hybridized carbons (Fsp3) is 0.207. The summed E-state index contributed by atoms with van der Waals surface area (Å²) < 4.78 is 6.35. The molecular formula is C29H29N3O3. The number of anilines is 1. The maximum Gasteiger partial charge on any atom is 0.193 e. The van der Waals surface area contributed by atoms with Crippen molar-refractivity contribution in [2.24, 2.45) is 0 Å². The van der Waals surface area contributed by atoms with E-state index in [1.807, 2.05) is 57.2 Å². The van der Waals surface area contributed by atoms with E-state index in [0.717, 1.165) is 28.9 Å². The number of fused-ring (bicyclic) bond motifs is 1. The molecule has 1 aliphatic rings. The third-order valence-electron chi connectivity index (χ3n) is 5.94. The van der Waals surface area contributed by atoms with Crippen molar-refractivity contribution in [2.45, 2.75) is 33.7 Å². The van der Waals surface area contributed by atoms with Gasteiger partial charge in [0.25, 0.3) is 0 Å². The Labute approximate surface area is 204 Å². The van der Waals surface area contributed by atoms with E-state index in [-0.39, 0.29) is 17.3 Å². The molecule has 178 valence electrons. The van der Waals surface area contributed by atoms with Gasteiger partial charge in [-0.2, -0.15) is 0 Å². The first-order chi connectivity index (χ1) is 16.8. The number of benzene rings is 2. The molecule has 6 heteroatoms. The van der Waals surface area contributed by atoms with Crippen LogP contribution in [-0.2, 0) is 0 Å². The van der Waals surface area contributed by atoms with Crippen molar-refractivity contribution in [3.63, 3.8) is 0 Å². The monoisotopic (exact) mass is 467 g/mol. The quantitative estimate of drug-likeness (QED) is 0.374. The molecule has 4 rings (SSSR count). The first-order valence-electron chi connectivity index (χ1n) is 11.7. The van der Waals surface area contributed by atoms with Crippen molar-refractivity contribution in [1.29, 1.82) is 5.41 Å². The summed E-state index contributed by atoms with van der Waals surface area (Å²) >= 11 is 0. The minimum Gasteiger partial charge on any atom is -0.455 e. The van der Waals surface area contributed by atoms with E-state index < -0.39 is 0 Å². The summed E-state index contributed by atoms with van der Waals surface area (Å²) in [4.78, 5) is 25.2. The summed E-state index contributed by atoms with van der Waals surface area (Å²) in [5.41, 5.74) is 5.31. The van der Waals surface area contributed by atoms with Crippen molar-refractivity contribution in [2.75, 3.05) is 11.9 Å². The van der Waals surface area contributed by atoms with Gasteiger partial charge < -0.3 is 20.5 Å². The van der Waals surface area contributed by atoms with E-state index in [2.05, 4.69) is 10.6 Å². The Morgan fingerprint density at radius 3 is 2.69 bits per heavy atom. The van der Waals surface area contributed by atoms with Crippen LogP contribution in [0.2, 0.25) is 0 Å². The van der Waals surface area contributed by atoms with Gasteiger partial charge in [-0.1, -0.05) is 18.2 Å². The molecule has 0 saturated heterocycles. The highest BCUT2D eigenvalue weighted by Gasteiger charge is 2.19. The van der Waals surface area contributed by atoms with E-state index in [1.54, 1.807) is 31.3 Å². The maximum atomic E-state index is 13.1. The summed E-state index contributed by atoms with van der Waals surface area (Å²) in [6.45, 7) is 8.20. The van der Waals surface area contributed by atoms with E-state index in [0.29, 0.717) is 33.6 Å². The topological polar surface area (TPSA) is 95.2 Å². The minimum atomic E-state index is -0.232. The van der Waals surface area contributed by atoms with E-state index in [1.165, 1.54) is 6.07 Å². The Balaban J connectivity index is 1.81. The van der Waals surface area contributed by atoms with Crippen molar-refractivity contribution >= 4 is 33.7 Å². The van der Waals surface area contributed by atoms with Gasteiger partial charge in [-0.05, 0) is 69.7 Å². The number of hydrogen-bond donors (Lipinski definition) is 3. The van der Waals surface area contributed by atoms with Gasteiger partial charge in [0.2, 0.25) is 0 Å². The van der Waals surface area contributed by atoms with Crippen molar-refractivity contribution < 1.29 is 9.21 Å². The van der Waals surface area contributed by atoms with Crippen LogP contribution in [0.3, 0.4) is 0 Å². The highest BCUT2D eigenvalue weighted by Crippen LogP contribution is 2.31. The summed E-state index contributed by atoms with van der Waals surface area (Å²) in [6, 6.07) is 12.5. The first-order valence-corrected chi connectivity index (χ1v) is 11.7. The van der Waals surface area contributed by atoms with E-state index in [9.17, 15) is 9.59 Å². The van der Waals surface area contributed by atoms with Gasteiger partial charge in [-0.3, -0.25) is 9.59 Å². The second-order valence-electron chi connectivity index (χ2n) is 8.68. The van der Waals surface area contributed by atoms with Gasteiger partial charge in [0.05, 0.1) is 17.1 Å². The van der Waals surface area contributed by atoms with Gasteiger partial charge in [-0.25, -0.2) is 0 Å². The molecule has 0 fully saturated rings.